The van der Waals surface area contributed by atoms with E-state index < -0.39 is 9.84 Å². The maximum atomic E-state index is 12.8. The molecule has 1 aromatic carbocycles. The number of hydrogen-bond donors (Lipinski definition) is 2. The third-order valence-electron chi connectivity index (χ3n) is 12.3. The van der Waals surface area contributed by atoms with Crippen molar-refractivity contribution in [3.8, 4) is 0 Å². The summed E-state index contributed by atoms with van der Waals surface area (Å²) >= 11 is 0. The summed E-state index contributed by atoms with van der Waals surface area (Å²) in [6.45, 7) is 9.60. The highest BCUT2D eigenvalue weighted by Gasteiger charge is 2.64. The molecule has 4 aliphatic carbocycles. The molecule has 37 heavy (non-hydrogen) atoms. The molecule has 2 N–H and O–H groups in total. The van der Waals surface area contributed by atoms with E-state index >= 15 is 0 Å². The zero-order valence-corrected chi connectivity index (χ0v) is 24.3. The fraction of sp³-hybridized carbons (Fsp3) is 0.812. The van der Waals surface area contributed by atoms with E-state index in [0.717, 1.165) is 32.1 Å². The van der Waals surface area contributed by atoms with Gasteiger partial charge in [0.15, 0.2) is 9.84 Å². The number of hydrogen-bond acceptors (Lipinski definition) is 4. The van der Waals surface area contributed by atoms with E-state index in [0.29, 0.717) is 52.7 Å². The van der Waals surface area contributed by atoms with Gasteiger partial charge < -0.3 is 10.2 Å². The summed E-state index contributed by atoms with van der Waals surface area (Å²) in [4.78, 5) is 0.438. The van der Waals surface area contributed by atoms with Crippen molar-refractivity contribution in [3.05, 3.63) is 30.3 Å². The van der Waals surface area contributed by atoms with Gasteiger partial charge in [0.2, 0.25) is 0 Å². The van der Waals surface area contributed by atoms with Crippen LogP contribution in [0.15, 0.2) is 35.2 Å². The normalized spacial score (nSPS) is 44.5. The van der Waals surface area contributed by atoms with Crippen molar-refractivity contribution >= 4 is 9.84 Å². The SMILES string of the molecule is CC[C@@H]1C2C[C@H](O)CCC2(C)[C@H]2CCC3(C)[C@@H]([C@H](C)CCCS(=O)(=O)c4ccccc4)CC[C@H]3[C@@H]2[C@@H]1O. The van der Waals surface area contributed by atoms with Crippen LogP contribution < -0.4 is 0 Å². The fourth-order valence-electron chi connectivity index (χ4n) is 10.5. The van der Waals surface area contributed by atoms with Crippen LogP contribution in [0, 0.1) is 52.3 Å². The summed E-state index contributed by atoms with van der Waals surface area (Å²) in [5.41, 5.74) is 0.468. The maximum absolute atomic E-state index is 12.8. The first kappa shape index (κ1) is 27.6. The molecule has 11 atom stereocenters. The Kier molecular flexibility index (Phi) is 7.66. The van der Waals surface area contributed by atoms with Crippen molar-refractivity contribution in [3.63, 3.8) is 0 Å². The number of aliphatic hydroxyl groups excluding tert-OH is 2. The molecule has 5 heteroatoms. The van der Waals surface area contributed by atoms with Gasteiger partial charge >= 0.3 is 0 Å². The predicted molar refractivity (Wildman–Crippen MR) is 149 cm³/mol. The Morgan fingerprint density at radius 3 is 2.32 bits per heavy atom. The monoisotopic (exact) mass is 530 g/mol. The molecule has 1 aromatic rings. The Bertz CT molecular complexity index is 1040. The number of aliphatic hydroxyl groups is 2. The fourth-order valence-corrected chi connectivity index (χ4v) is 11.8. The highest BCUT2D eigenvalue weighted by molar-refractivity contribution is 7.91. The highest BCUT2D eigenvalue weighted by atomic mass is 32.2. The van der Waals surface area contributed by atoms with E-state index in [1.807, 2.05) is 6.07 Å². The van der Waals surface area contributed by atoms with Crippen LogP contribution in [0.2, 0.25) is 0 Å². The van der Waals surface area contributed by atoms with E-state index in [1.54, 1.807) is 24.3 Å². The quantitative estimate of drug-likeness (QED) is 0.422. The van der Waals surface area contributed by atoms with Crippen molar-refractivity contribution in [2.45, 2.75) is 109 Å². The second-order valence-electron chi connectivity index (χ2n) is 13.9. The number of sulfone groups is 1. The Labute approximate surface area is 225 Å². The molecule has 0 spiro atoms. The molecule has 0 amide bonds. The minimum absolute atomic E-state index is 0.202. The lowest BCUT2D eigenvalue weighted by atomic mass is 9.41. The van der Waals surface area contributed by atoms with E-state index in [-0.39, 0.29) is 28.8 Å². The van der Waals surface area contributed by atoms with Gasteiger partial charge in [-0.2, -0.15) is 0 Å². The van der Waals surface area contributed by atoms with Gasteiger partial charge in [-0.3, -0.25) is 0 Å². The van der Waals surface area contributed by atoms with E-state index in [2.05, 4.69) is 27.7 Å². The minimum atomic E-state index is -3.22. The summed E-state index contributed by atoms with van der Waals surface area (Å²) in [6, 6.07) is 8.86. The molecule has 3 unspecified atom stereocenters. The van der Waals surface area contributed by atoms with Gasteiger partial charge in [-0.05, 0) is 122 Å². The molecule has 0 bridgehead atoms. The van der Waals surface area contributed by atoms with E-state index in [4.69, 9.17) is 0 Å². The highest BCUT2D eigenvalue weighted by Crippen LogP contribution is 2.69. The van der Waals surface area contributed by atoms with Crippen LogP contribution in [0.5, 0.6) is 0 Å². The lowest BCUT2D eigenvalue weighted by Crippen LogP contribution is -2.62. The van der Waals surface area contributed by atoms with Crippen molar-refractivity contribution in [1.29, 1.82) is 0 Å². The molecule has 4 nitrogen and oxygen atoms in total. The Hall–Kier alpha value is -0.910. The second kappa shape index (κ2) is 10.2. The molecule has 0 aromatic heterocycles. The van der Waals surface area contributed by atoms with Crippen molar-refractivity contribution in [1.82, 2.24) is 0 Å². The summed E-state index contributed by atoms with van der Waals surface area (Å²) in [7, 11) is -3.22. The Morgan fingerprint density at radius 2 is 1.62 bits per heavy atom. The average Bonchev–Trinajstić information content (AvgIpc) is 3.23. The van der Waals surface area contributed by atoms with Gasteiger partial charge in [0.05, 0.1) is 22.9 Å². The van der Waals surface area contributed by atoms with Gasteiger partial charge in [-0.1, -0.05) is 52.3 Å². The summed E-state index contributed by atoms with van der Waals surface area (Å²) < 4.78 is 25.6. The van der Waals surface area contributed by atoms with Crippen LogP contribution >= 0.6 is 0 Å². The van der Waals surface area contributed by atoms with Crippen LogP contribution in [0.1, 0.15) is 91.9 Å². The minimum Gasteiger partial charge on any atom is -0.393 e. The molecule has 4 fully saturated rings. The van der Waals surface area contributed by atoms with Gasteiger partial charge in [-0.25, -0.2) is 8.42 Å². The maximum Gasteiger partial charge on any atom is 0.178 e. The molecule has 4 aliphatic rings. The molecule has 4 saturated carbocycles. The summed E-state index contributed by atoms with van der Waals surface area (Å²) in [5.74, 6) is 3.54. The lowest BCUT2D eigenvalue weighted by Gasteiger charge is -2.64. The van der Waals surface area contributed by atoms with Crippen LogP contribution in [0.25, 0.3) is 0 Å². The van der Waals surface area contributed by atoms with E-state index in [1.165, 1.54) is 25.7 Å². The largest absolute Gasteiger partial charge is 0.393 e. The summed E-state index contributed by atoms with van der Waals surface area (Å²) in [6.07, 6.45) is 9.91. The molecule has 5 rings (SSSR count). The molecule has 0 heterocycles. The van der Waals surface area contributed by atoms with Gasteiger partial charge in [0.1, 0.15) is 0 Å². The molecule has 0 saturated heterocycles. The molecular weight excluding hydrogens is 480 g/mol. The van der Waals surface area contributed by atoms with Crippen LogP contribution in [0.3, 0.4) is 0 Å². The zero-order valence-electron chi connectivity index (χ0n) is 23.5. The van der Waals surface area contributed by atoms with Crippen molar-refractivity contribution < 1.29 is 18.6 Å². The molecule has 208 valence electrons. The number of fused-ring (bicyclic) bond motifs is 5. The Morgan fingerprint density at radius 1 is 0.946 bits per heavy atom. The smallest absolute Gasteiger partial charge is 0.178 e. The zero-order chi connectivity index (χ0) is 26.6. The van der Waals surface area contributed by atoms with E-state index in [9.17, 15) is 18.6 Å². The lowest BCUT2D eigenvalue weighted by molar-refractivity contribution is -0.203. The average molecular weight is 531 g/mol. The first-order chi connectivity index (χ1) is 17.5. The van der Waals surface area contributed by atoms with Crippen LogP contribution in [0.4, 0.5) is 0 Å². The van der Waals surface area contributed by atoms with Crippen LogP contribution in [-0.4, -0.2) is 36.6 Å². The Balaban J connectivity index is 1.30. The standard InChI is InChI=1S/C32H50O4S/c1-5-24-28-20-22(33)15-17-32(28,4)27-16-18-31(3)25(13-14-26(31)29(27)30(24)34)21(2)10-9-19-37(35,36)23-11-7-6-8-12-23/h6-8,11-12,21-22,24-30,33-34H,5,9-10,13-20H2,1-4H3/t21-,22-,24-,25-,26+,27+,28?,29+,30-,31?,32?/m1/s1. The summed E-state index contributed by atoms with van der Waals surface area (Å²) in [5, 5.41) is 22.4. The molecule has 0 radical (unpaired) electrons. The van der Waals surface area contributed by atoms with Gasteiger partial charge in [-0.15, -0.1) is 0 Å². The van der Waals surface area contributed by atoms with Crippen molar-refractivity contribution in [2.24, 2.45) is 52.3 Å². The van der Waals surface area contributed by atoms with Gasteiger partial charge in [0, 0.05) is 0 Å². The predicted octanol–water partition coefficient (Wildman–Crippen LogP) is 6.50. The second-order valence-corrected chi connectivity index (χ2v) is 16.0. The number of benzene rings is 1. The molecular formula is C32H50O4S. The third-order valence-corrected chi connectivity index (χ3v) is 14.1. The number of rotatable bonds is 7. The van der Waals surface area contributed by atoms with Crippen molar-refractivity contribution in [2.75, 3.05) is 5.75 Å². The topological polar surface area (TPSA) is 74.6 Å². The van der Waals surface area contributed by atoms with Crippen LogP contribution in [-0.2, 0) is 9.84 Å². The first-order valence-corrected chi connectivity index (χ1v) is 16.8. The third kappa shape index (κ3) is 4.63. The molecule has 0 aliphatic heterocycles. The first-order valence-electron chi connectivity index (χ1n) is 15.2. The van der Waals surface area contributed by atoms with Gasteiger partial charge in [0.25, 0.3) is 0 Å².